The van der Waals surface area contributed by atoms with Crippen molar-refractivity contribution in [2.75, 3.05) is 37.5 Å². The van der Waals surface area contributed by atoms with Crippen molar-refractivity contribution in [3.05, 3.63) is 87.7 Å². The molecule has 2 bridgehead atoms. The van der Waals surface area contributed by atoms with Crippen molar-refractivity contribution in [2.24, 2.45) is 29.2 Å². The average molecular weight is 746 g/mol. The van der Waals surface area contributed by atoms with E-state index in [9.17, 15) is 13.8 Å². The van der Waals surface area contributed by atoms with Gasteiger partial charge in [-0.1, -0.05) is 36.7 Å². The maximum Gasteiger partial charge on any atom is 0.286 e. The maximum absolute atomic E-state index is 14.7. The average Bonchev–Trinajstić information content (AvgIpc) is 3.89. The van der Waals surface area contributed by atoms with Gasteiger partial charge in [-0.05, 0) is 111 Å². The standard InChI is InChI=1S/C40H48ClN5O5S/c1-25-6-4-8-35(50-3)31-14-11-29(31)20-46-23-40(17-5-7-27-18-30(41)13-15-33(27)40)24-51-36-16-12-28(19-34(36)46)38(47)43-52(49,22-25)44-39(48)32-21-45(2)42-37(32)26-9-10-26/h4,8,12-13,15-16,18-19,21,25-26,29,31,35H,5-7,9-11,14,17,20,22-24H2,1-3H3,(H,43,44,47,48,49)/b8-4+/t25-,29-,31+,35-,40-,52-/m0/s1. The third-order valence-electron chi connectivity index (χ3n) is 11.8. The Morgan fingerprint density at radius 2 is 2.00 bits per heavy atom. The molecule has 52 heavy (non-hydrogen) atoms. The molecule has 2 aromatic carbocycles. The normalized spacial score (nSPS) is 30.9. The zero-order valence-corrected chi connectivity index (χ0v) is 31.8. The molecule has 2 aliphatic heterocycles. The molecule has 1 N–H and O–H groups in total. The van der Waals surface area contributed by atoms with Gasteiger partial charge in [0.25, 0.3) is 11.8 Å². The first-order valence-corrected chi connectivity index (χ1v) is 20.7. The molecule has 0 radical (unpaired) electrons. The number of nitrogens with one attached hydrogen (secondary N) is 1. The summed E-state index contributed by atoms with van der Waals surface area (Å²) in [7, 11) is 0.00628. The number of halogens is 1. The molecule has 3 aromatic rings. The maximum atomic E-state index is 14.7. The number of carbonyl (C=O) groups excluding carboxylic acids is 2. The molecule has 2 amide bonds. The molecule has 5 aliphatic rings. The molecular weight excluding hydrogens is 698 g/mol. The van der Waals surface area contributed by atoms with Gasteiger partial charge in [0, 0.05) is 55.4 Å². The van der Waals surface area contributed by atoms with Crippen molar-refractivity contribution in [3.63, 3.8) is 0 Å². The van der Waals surface area contributed by atoms with Crippen LogP contribution in [0.2, 0.25) is 5.02 Å². The fraction of sp³-hybridized carbons (Fsp3) is 0.525. The van der Waals surface area contributed by atoms with Crippen LogP contribution in [-0.2, 0) is 33.5 Å². The summed E-state index contributed by atoms with van der Waals surface area (Å²) in [5.41, 5.74) is 4.50. The minimum Gasteiger partial charge on any atom is -0.490 e. The van der Waals surface area contributed by atoms with Gasteiger partial charge in [-0.25, -0.2) is 4.21 Å². The number of hydrogen-bond donors (Lipinski definition) is 1. The van der Waals surface area contributed by atoms with Crippen molar-refractivity contribution in [3.8, 4) is 5.75 Å². The van der Waals surface area contributed by atoms with Crippen LogP contribution < -0.4 is 14.4 Å². The number of hydrogen-bond acceptors (Lipinski definition) is 7. The first kappa shape index (κ1) is 35.4. The zero-order chi connectivity index (χ0) is 36.2. The summed E-state index contributed by atoms with van der Waals surface area (Å²) in [5, 5.41) is 5.26. The van der Waals surface area contributed by atoms with Crippen LogP contribution in [0.3, 0.4) is 0 Å². The first-order chi connectivity index (χ1) is 25.0. The predicted molar refractivity (Wildman–Crippen MR) is 203 cm³/mol. The van der Waals surface area contributed by atoms with E-state index in [4.69, 9.17) is 21.1 Å². The highest BCUT2D eigenvalue weighted by Crippen LogP contribution is 2.47. The summed E-state index contributed by atoms with van der Waals surface area (Å²) in [5.74, 6) is 0.382. The lowest BCUT2D eigenvalue weighted by atomic mass is 9.68. The molecule has 8 rings (SSSR count). The van der Waals surface area contributed by atoms with Crippen molar-refractivity contribution in [1.82, 2.24) is 14.5 Å². The number of fused-ring (bicyclic) bond motifs is 4. The highest BCUT2D eigenvalue weighted by atomic mass is 35.5. The van der Waals surface area contributed by atoms with Gasteiger partial charge in [-0.2, -0.15) is 5.10 Å². The molecule has 1 aromatic heterocycles. The number of aromatic nitrogens is 2. The highest BCUT2D eigenvalue weighted by Gasteiger charge is 2.44. The Hall–Kier alpha value is -3.67. The van der Waals surface area contributed by atoms with Gasteiger partial charge in [0.1, 0.15) is 15.7 Å². The fourth-order valence-electron chi connectivity index (χ4n) is 8.91. The van der Waals surface area contributed by atoms with Crippen LogP contribution in [-0.4, -0.2) is 64.5 Å². The summed E-state index contributed by atoms with van der Waals surface area (Å²) >= 11 is 6.47. The van der Waals surface area contributed by atoms with Gasteiger partial charge in [-0.15, -0.1) is 4.36 Å². The fourth-order valence-corrected chi connectivity index (χ4v) is 11.0. The van der Waals surface area contributed by atoms with Crippen molar-refractivity contribution in [2.45, 2.75) is 75.7 Å². The summed E-state index contributed by atoms with van der Waals surface area (Å²) in [6, 6.07) is 11.6. The number of methoxy groups -OCH3 is 1. The monoisotopic (exact) mass is 745 g/mol. The number of rotatable bonds is 4. The van der Waals surface area contributed by atoms with Gasteiger partial charge in [0.2, 0.25) is 0 Å². The number of aryl methyl sites for hydroxylation is 2. The van der Waals surface area contributed by atoms with Crippen LogP contribution in [0.15, 0.2) is 59.1 Å². The molecule has 6 atom stereocenters. The molecule has 10 nitrogen and oxygen atoms in total. The first-order valence-electron chi connectivity index (χ1n) is 18.7. The van der Waals surface area contributed by atoms with E-state index < -0.39 is 21.7 Å². The van der Waals surface area contributed by atoms with Crippen molar-refractivity contribution in [1.29, 1.82) is 0 Å². The van der Waals surface area contributed by atoms with E-state index >= 15 is 0 Å². The Bertz CT molecular complexity index is 2050. The number of anilines is 1. The zero-order valence-electron chi connectivity index (χ0n) is 30.2. The highest BCUT2D eigenvalue weighted by molar-refractivity contribution is 7.92. The second-order valence-electron chi connectivity index (χ2n) is 15.8. The molecule has 276 valence electrons. The van der Waals surface area contributed by atoms with Crippen LogP contribution >= 0.6 is 11.6 Å². The number of benzene rings is 2. The summed E-state index contributed by atoms with van der Waals surface area (Å²) in [6.45, 7) is 3.98. The van der Waals surface area contributed by atoms with Gasteiger partial charge < -0.3 is 14.4 Å². The Morgan fingerprint density at radius 1 is 1.15 bits per heavy atom. The second-order valence-corrected chi connectivity index (χ2v) is 18.2. The number of allylic oxidation sites excluding steroid dienone is 1. The molecule has 3 aliphatic carbocycles. The molecule has 1 spiro atoms. The van der Waals surface area contributed by atoms with Crippen LogP contribution in [0.1, 0.15) is 95.3 Å². The van der Waals surface area contributed by atoms with Crippen LogP contribution in [0.25, 0.3) is 0 Å². The molecule has 0 saturated heterocycles. The van der Waals surface area contributed by atoms with E-state index in [2.05, 4.69) is 43.4 Å². The Morgan fingerprint density at radius 3 is 2.77 bits per heavy atom. The van der Waals surface area contributed by atoms with Crippen LogP contribution in [0, 0.1) is 17.8 Å². The molecule has 2 fully saturated rings. The number of ether oxygens (including phenoxy) is 2. The van der Waals surface area contributed by atoms with Crippen LogP contribution in [0.5, 0.6) is 5.75 Å². The molecule has 2 saturated carbocycles. The van der Waals surface area contributed by atoms with E-state index in [1.54, 1.807) is 31.1 Å². The van der Waals surface area contributed by atoms with Gasteiger partial charge in [0.05, 0.1) is 35.4 Å². The quantitative estimate of drug-likeness (QED) is 0.286. The molecule has 0 unspecified atom stereocenters. The minimum absolute atomic E-state index is 0.0175. The van der Waals surface area contributed by atoms with Crippen molar-refractivity contribution < 1.29 is 23.3 Å². The Balaban J connectivity index is 1.19. The summed E-state index contributed by atoms with van der Waals surface area (Å²) in [4.78, 5) is 30.2. The largest absolute Gasteiger partial charge is 0.490 e. The summed E-state index contributed by atoms with van der Waals surface area (Å²) < 4.78 is 36.1. The topological polar surface area (TPSA) is 115 Å². The molecule has 3 heterocycles. The third kappa shape index (κ3) is 6.92. The van der Waals surface area contributed by atoms with E-state index in [-0.39, 0.29) is 29.1 Å². The molecular formula is C40H48ClN5O5S. The SMILES string of the molecule is CO[C@H]1/C=C/C[C@H](C)C[S@@](=O)(NC(=O)c2cn(C)nc2C2CC2)=NC(=O)c2ccc3c(c2)N(C[C@@H]2CC[C@H]21)C[C@@]1(CCCc2cc(Cl)ccc21)CO3. The van der Waals surface area contributed by atoms with Crippen molar-refractivity contribution >= 4 is 39.0 Å². The lowest BCUT2D eigenvalue weighted by Crippen LogP contribution is -2.49. The Kier molecular flexibility index (Phi) is 9.49. The van der Waals surface area contributed by atoms with Gasteiger partial charge >= 0.3 is 0 Å². The lowest BCUT2D eigenvalue weighted by Gasteiger charge is -2.46. The van der Waals surface area contributed by atoms with E-state index in [0.29, 0.717) is 47.4 Å². The Labute approximate surface area is 311 Å². The number of carbonyl (C=O) groups is 2. The number of amides is 2. The van der Waals surface area contributed by atoms with Gasteiger partial charge in [-0.3, -0.25) is 19.0 Å². The smallest absolute Gasteiger partial charge is 0.286 e. The molecule has 12 heteroatoms. The van der Waals surface area contributed by atoms with Crippen LogP contribution in [0.4, 0.5) is 5.69 Å². The summed E-state index contributed by atoms with van der Waals surface area (Å²) in [6.07, 6.45) is 13.5. The van der Waals surface area contributed by atoms with E-state index in [1.165, 1.54) is 11.1 Å². The minimum atomic E-state index is -3.54. The van der Waals surface area contributed by atoms with E-state index in [1.807, 2.05) is 25.1 Å². The predicted octanol–water partition coefficient (Wildman–Crippen LogP) is 7.01. The number of nitrogens with zero attached hydrogens (tertiary/aromatic N) is 4. The lowest BCUT2D eigenvalue weighted by molar-refractivity contribution is 0.0131. The van der Waals surface area contributed by atoms with Gasteiger partial charge in [0.15, 0.2) is 0 Å². The second kappa shape index (κ2) is 14.0. The van der Waals surface area contributed by atoms with E-state index in [0.717, 1.165) is 68.7 Å². The third-order valence-corrected chi connectivity index (χ3v) is 14.1.